The maximum Gasteiger partial charge on any atom is 0.319 e. The summed E-state index contributed by atoms with van der Waals surface area (Å²) in [5.74, 6) is 0. The van der Waals surface area contributed by atoms with Gasteiger partial charge in [-0.15, -0.1) is 11.3 Å². The molecule has 25 heavy (non-hydrogen) atoms. The summed E-state index contributed by atoms with van der Waals surface area (Å²) in [5, 5.41) is 8.52. The zero-order valence-electron chi connectivity index (χ0n) is 13.7. The molecule has 0 aliphatic carbocycles. The molecule has 5 nitrogen and oxygen atoms in total. The van der Waals surface area contributed by atoms with Gasteiger partial charge in [0.1, 0.15) is 0 Å². The molecule has 0 atom stereocenters. The minimum Gasteiger partial charge on any atom is -0.338 e. The Balaban J connectivity index is 1.52. The lowest BCUT2D eigenvalue weighted by Crippen LogP contribution is -2.30. The maximum absolute atomic E-state index is 12.0. The van der Waals surface area contributed by atoms with Crippen LogP contribution < -0.4 is 10.6 Å². The molecule has 0 fully saturated rings. The van der Waals surface area contributed by atoms with Gasteiger partial charge in [-0.3, -0.25) is 0 Å². The van der Waals surface area contributed by atoms with Crippen LogP contribution in [-0.2, 0) is 6.42 Å². The molecule has 1 aromatic carbocycles. The number of nitrogens with one attached hydrogen (secondary N) is 2. The average molecular weight is 371 g/mol. The van der Waals surface area contributed by atoms with Gasteiger partial charge in [-0.2, -0.15) is 0 Å². The van der Waals surface area contributed by atoms with Crippen molar-refractivity contribution >= 4 is 34.8 Å². The second kappa shape index (κ2) is 8.64. The number of amides is 2. The third kappa shape index (κ3) is 5.30. The number of rotatable bonds is 6. The van der Waals surface area contributed by atoms with Crippen molar-refractivity contribution in [3.05, 3.63) is 64.6 Å². The van der Waals surface area contributed by atoms with E-state index in [4.69, 9.17) is 0 Å². The second-order valence-corrected chi connectivity index (χ2v) is 7.39. The molecule has 0 saturated carbocycles. The summed E-state index contributed by atoms with van der Waals surface area (Å²) in [5.41, 5.74) is 1.79. The molecule has 0 spiro atoms. The third-order valence-electron chi connectivity index (χ3n) is 3.43. The fourth-order valence-corrected chi connectivity index (χ4v) is 3.72. The van der Waals surface area contributed by atoms with Crippen molar-refractivity contribution in [2.24, 2.45) is 0 Å². The Kier molecular flexibility index (Phi) is 6.03. The highest BCUT2D eigenvalue weighted by molar-refractivity contribution is 7.99. The first-order chi connectivity index (χ1) is 12.2. The van der Waals surface area contributed by atoms with Crippen LogP contribution in [0.15, 0.2) is 64.2 Å². The third-order valence-corrected chi connectivity index (χ3v) is 5.25. The van der Waals surface area contributed by atoms with E-state index in [1.165, 1.54) is 16.6 Å². The van der Waals surface area contributed by atoms with Gasteiger partial charge in [0, 0.05) is 34.4 Å². The van der Waals surface area contributed by atoms with Gasteiger partial charge in [-0.05, 0) is 66.4 Å². The van der Waals surface area contributed by atoms with Crippen LogP contribution in [0.2, 0.25) is 0 Å². The van der Waals surface area contributed by atoms with E-state index in [1.807, 2.05) is 36.6 Å². The number of hydrogen-bond donors (Lipinski definition) is 2. The van der Waals surface area contributed by atoms with Crippen molar-refractivity contribution in [3.8, 4) is 0 Å². The van der Waals surface area contributed by atoms with Crippen molar-refractivity contribution in [2.75, 3.05) is 11.9 Å². The van der Waals surface area contributed by atoms with Crippen LogP contribution >= 0.6 is 23.1 Å². The summed E-state index contributed by atoms with van der Waals surface area (Å²) in [6.45, 7) is 2.59. The quantitative estimate of drug-likeness (QED) is 0.633. The number of hydrogen-bond acceptors (Lipinski definition) is 5. The first-order valence-corrected chi connectivity index (χ1v) is 9.53. The molecule has 2 amide bonds. The standard InChI is InChI=1S/C18H18N4OS2/c1-13-12-15(25-18-20-8-3-9-21-18)5-6-16(13)22-17(23)19-10-7-14-4-2-11-24-14/h2-6,8-9,11-12H,7,10H2,1H3,(H2,19,22,23). The Bertz CT molecular complexity index is 822. The number of benzene rings is 1. The van der Waals surface area contributed by atoms with E-state index in [0.717, 1.165) is 22.6 Å². The number of nitrogens with zero attached hydrogens (tertiary/aromatic N) is 2. The predicted octanol–water partition coefficient (Wildman–Crippen LogP) is 4.36. The zero-order chi connectivity index (χ0) is 17.5. The van der Waals surface area contributed by atoms with Gasteiger partial charge in [0.25, 0.3) is 0 Å². The fourth-order valence-electron chi connectivity index (χ4n) is 2.20. The van der Waals surface area contributed by atoms with E-state index < -0.39 is 0 Å². The molecule has 3 rings (SSSR count). The largest absolute Gasteiger partial charge is 0.338 e. The average Bonchev–Trinajstić information content (AvgIpc) is 3.12. The first kappa shape index (κ1) is 17.4. The number of urea groups is 1. The lowest BCUT2D eigenvalue weighted by atomic mass is 10.2. The molecule has 7 heteroatoms. The van der Waals surface area contributed by atoms with E-state index in [1.54, 1.807) is 29.8 Å². The van der Waals surface area contributed by atoms with Crippen LogP contribution in [-0.4, -0.2) is 22.5 Å². The van der Waals surface area contributed by atoms with Crippen LogP contribution in [0.1, 0.15) is 10.4 Å². The Hall–Kier alpha value is -2.38. The molecule has 0 unspecified atom stereocenters. The number of anilines is 1. The van der Waals surface area contributed by atoms with Crippen LogP contribution in [0.3, 0.4) is 0 Å². The molecule has 128 valence electrons. The highest BCUT2D eigenvalue weighted by atomic mass is 32.2. The van der Waals surface area contributed by atoms with Crippen LogP contribution in [0.5, 0.6) is 0 Å². The highest BCUT2D eigenvalue weighted by Gasteiger charge is 2.07. The van der Waals surface area contributed by atoms with E-state index >= 15 is 0 Å². The molecule has 0 bridgehead atoms. The van der Waals surface area contributed by atoms with Gasteiger partial charge < -0.3 is 10.6 Å². The molecule has 0 aliphatic rings. The van der Waals surface area contributed by atoms with E-state index in [9.17, 15) is 4.79 Å². The van der Waals surface area contributed by atoms with Crippen LogP contribution in [0, 0.1) is 6.92 Å². The Labute approximate surface area is 154 Å². The van der Waals surface area contributed by atoms with Gasteiger partial charge >= 0.3 is 6.03 Å². The lowest BCUT2D eigenvalue weighted by Gasteiger charge is -2.11. The highest BCUT2D eigenvalue weighted by Crippen LogP contribution is 2.27. The van der Waals surface area contributed by atoms with Gasteiger partial charge in [0.15, 0.2) is 5.16 Å². The SMILES string of the molecule is Cc1cc(Sc2ncccn2)ccc1NC(=O)NCCc1cccs1. The maximum atomic E-state index is 12.0. The summed E-state index contributed by atoms with van der Waals surface area (Å²) in [4.78, 5) is 22.7. The molecule has 2 heterocycles. The molecular weight excluding hydrogens is 352 g/mol. The monoisotopic (exact) mass is 370 g/mol. The van der Waals surface area contributed by atoms with Crippen molar-refractivity contribution in [1.29, 1.82) is 0 Å². The number of aryl methyl sites for hydroxylation is 1. The molecule has 2 N–H and O–H groups in total. The fraction of sp³-hybridized carbons (Fsp3) is 0.167. The van der Waals surface area contributed by atoms with Gasteiger partial charge in [-0.25, -0.2) is 14.8 Å². The van der Waals surface area contributed by atoms with Crippen molar-refractivity contribution in [2.45, 2.75) is 23.4 Å². The molecule has 0 saturated heterocycles. The Morgan fingerprint density at radius 2 is 2.04 bits per heavy atom. The molecule has 3 aromatic rings. The number of carbonyl (C=O) groups is 1. The predicted molar refractivity (Wildman–Crippen MR) is 102 cm³/mol. The summed E-state index contributed by atoms with van der Waals surface area (Å²) < 4.78 is 0. The summed E-state index contributed by atoms with van der Waals surface area (Å²) in [7, 11) is 0. The lowest BCUT2D eigenvalue weighted by molar-refractivity contribution is 0.252. The van der Waals surface area contributed by atoms with E-state index in [2.05, 4.69) is 26.7 Å². The van der Waals surface area contributed by atoms with Gasteiger partial charge in [0.2, 0.25) is 0 Å². The van der Waals surface area contributed by atoms with E-state index in [-0.39, 0.29) is 6.03 Å². The summed E-state index contributed by atoms with van der Waals surface area (Å²) in [6.07, 6.45) is 4.29. The van der Waals surface area contributed by atoms with Crippen LogP contribution in [0.4, 0.5) is 10.5 Å². The van der Waals surface area contributed by atoms with Crippen LogP contribution in [0.25, 0.3) is 0 Å². The number of aromatic nitrogens is 2. The minimum absolute atomic E-state index is 0.188. The van der Waals surface area contributed by atoms with Crippen molar-refractivity contribution < 1.29 is 4.79 Å². The Morgan fingerprint density at radius 3 is 2.76 bits per heavy atom. The number of carbonyl (C=O) groups excluding carboxylic acids is 1. The second-order valence-electron chi connectivity index (χ2n) is 5.32. The molecule has 0 radical (unpaired) electrons. The summed E-state index contributed by atoms with van der Waals surface area (Å²) >= 11 is 3.19. The van der Waals surface area contributed by atoms with Gasteiger partial charge in [0.05, 0.1) is 0 Å². The topological polar surface area (TPSA) is 66.9 Å². The van der Waals surface area contributed by atoms with Gasteiger partial charge in [-0.1, -0.05) is 6.07 Å². The summed E-state index contributed by atoms with van der Waals surface area (Å²) in [6, 6.07) is 11.6. The zero-order valence-corrected chi connectivity index (χ0v) is 15.4. The first-order valence-electron chi connectivity index (χ1n) is 7.83. The molecular formula is C18H18N4OS2. The van der Waals surface area contributed by atoms with E-state index in [0.29, 0.717) is 11.7 Å². The smallest absolute Gasteiger partial charge is 0.319 e. The molecule has 2 aromatic heterocycles. The van der Waals surface area contributed by atoms with Crippen molar-refractivity contribution in [1.82, 2.24) is 15.3 Å². The molecule has 0 aliphatic heterocycles. The number of thiophene rings is 1. The van der Waals surface area contributed by atoms with Crippen molar-refractivity contribution in [3.63, 3.8) is 0 Å². The normalized spacial score (nSPS) is 10.4. The Morgan fingerprint density at radius 1 is 1.20 bits per heavy atom. The minimum atomic E-state index is -0.188.